The van der Waals surface area contributed by atoms with E-state index >= 15 is 0 Å². The lowest BCUT2D eigenvalue weighted by Gasteiger charge is -2.22. The average Bonchev–Trinajstić information content (AvgIpc) is 2.99. The van der Waals surface area contributed by atoms with Gasteiger partial charge in [-0.15, -0.1) is 0 Å². The van der Waals surface area contributed by atoms with Crippen molar-refractivity contribution in [3.63, 3.8) is 0 Å². The number of carbonyl (C=O) groups is 1. The number of rotatable bonds is 6. The zero-order chi connectivity index (χ0) is 19.9. The van der Waals surface area contributed by atoms with Gasteiger partial charge in [-0.1, -0.05) is 49.0 Å². The summed E-state index contributed by atoms with van der Waals surface area (Å²) in [6, 6.07) is 6.86. The molecule has 1 atom stereocenters. The molecule has 0 saturated heterocycles. The van der Waals surface area contributed by atoms with Gasteiger partial charge in [0.25, 0.3) is 5.91 Å². The fraction of sp³-hybridized carbons (Fsp3) is 0.450. The Morgan fingerprint density at radius 3 is 2.71 bits per heavy atom. The average molecular weight is 421 g/mol. The number of nitrogens with zero attached hydrogens (tertiary/aromatic N) is 2. The van der Waals surface area contributed by atoms with Crippen LogP contribution in [0.3, 0.4) is 0 Å². The van der Waals surface area contributed by atoms with Gasteiger partial charge in [-0.2, -0.15) is 0 Å². The number of nitrogens with one attached hydrogen (secondary N) is 2. The molecule has 1 heterocycles. The molecule has 3 rings (SSSR count). The SMILES string of the molecule is CSc1nccc(Nc2ccc(Cl)c(C(=O)NC(O)C3CCCCCC3)c2)n1. The standard InChI is InChI=1S/C20H25ClN4O2S/c1-28-20-22-11-10-17(24-20)23-14-8-9-16(21)15(12-14)19(27)25-18(26)13-6-4-2-3-5-7-13/h8-13,18,26H,2-7H2,1H3,(H,25,27)(H,22,23,24). The van der Waals surface area contributed by atoms with Crippen LogP contribution in [0.4, 0.5) is 11.5 Å². The Morgan fingerprint density at radius 2 is 2.00 bits per heavy atom. The van der Waals surface area contributed by atoms with Crippen molar-refractivity contribution in [3.05, 3.63) is 41.0 Å². The molecule has 1 aromatic carbocycles. The highest BCUT2D eigenvalue weighted by Crippen LogP contribution is 2.26. The number of aromatic nitrogens is 2. The molecule has 1 aliphatic rings. The van der Waals surface area contributed by atoms with E-state index in [4.69, 9.17) is 11.6 Å². The molecule has 150 valence electrons. The first-order valence-electron chi connectivity index (χ1n) is 9.49. The van der Waals surface area contributed by atoms with Crippen LogP contribution in [0.1, 0.15) is 48.9 Å². The van der Waals surface area contributed by atoms with E-state index in [1.165, 1.54) is 24.6 Å². The second-order valence-electron chi connectivity index (χ2n) is 6.92. The number of hydrogen-bond donors (Lipinski definition) is 3. The third kappa shape index (κ3) is 5.59. The molecule has 1 unspecified atom stereocenters. The summed E-state index contributed by atoms with van der Waals surface area (Å²) in [7, 11) is 0. The van der Waals surface area contributed by atoms with Crippen LogP contribution < -0.4 is 10.6 Å². The van der Waals surface area contributed by atoms with E-state index < -0.39 is 6.23 Å². The number of thioether (sulfide) groups is 1. The van der Waals surface area contributed by atoms with Crippen molar-refractivity contribution in [3.8, 4) is 0 Å². The van der Waals surface area contributed by atoms with Gasteiger partial charge in [-0.05, 0) is 43.4 Å². The predicted octanol–water partition coefficient (Wildman–Crippen LogP) is 4.61. The first-order chi connectivity index (χ1) is 13.6. The molecule has 1 aromatic heterocycles. The smallest absolute Gasteiger partial charge is 0.254 e. The Kier molecular flexibility index (Phi) is 7.53. The van der Waals surface area contributed by atoms with Crippen molar-refractivity contribution in [2.75, 3.05) is 11.6 Å². The highest BCUT2D eigenvalue weighted by atomic mass is 35.5. The van der Waals surface area contributed by atoms with Crippen molar-refractivity contribution in [1.29, 1.82) is 0 Å². The first kappa shape index (κ1) is 20.9. The zero-order valence-corrected chi connectivity index (χ0v) is 17.4. The van der Waals surface area contributed by atoms with E-state index in [0.717, 1.165) is 25.7 Å². The number of benzene rings is 1. The molecule has 0 radical (unpaired) electrons. The number of anilines is 2. The molecule has 1 aliphatic carbocycles. The Bertz CT molecular complexity index is 813. The Morgan fingerprint density at radius 1 is 1.25 bits per heavy atom. The molecule has 8 heteroatoms. The molecule has 1 fully saturated rings. The quantitative estimate of drug-likeness (QED) is 0.273. The molecular weight excluding hydrogens is 396 g/mol. The predicted molar refractivity (Wildman–Crippen MR) is 113 cm³/mol. The van der Waals surface area contributed by atoms with Gasteiger partial charge in [0.05, 0.1) is 10.6 Å². The van der Waals surface area contributed by atoms with Gasteiger partial charge in [0, 0.05) is 17.8 Å². The second kappa shape index (κ2) is 10.1. The lowest BCUT2D eigenvalue weighted by atomic mass is 9.98. The zero-order valence-electron chi connectivity index (χ0n) is 15.8. The number of halogens is 1. The van der Waals surface area contributed by atoms with Gasteiger partial charge in [0.15, 0.2) is 5.16 Å². The van der Waals surface area contributed by atoms with E-state index in [1.54, 1.807) is 30.5 Å². The third-order valence-corrected chi connectivity index (χ3v) is 5.82. The normalized spacial score (nSPS) is 16.2. The largest absolute Gasteiger partial charge is 0.373 e. The van der Waals surface area contributed by atoms with Crippen LogP contribution in [-0.2, 0) is 0 Å². The van der Waals surface area contributed by atoms with E-state index in [1.807, 2.05) is 6.26 Å². The number of hydrogen-bond acceptors (Lipinski definition) is 6. The lowest BCUT2D eigenvalue weighted by Crippen LogP contribution is -2.40. The van der Waals surface area contributed by atoms with Crippen LogP contribution in [0.25, 0.3) is 0 Å². The summed E-state index contributed by atoms with van der Waals surface area (Å²) >= 11 is 7.69. The van der Waals surface area contributed by atoms with Gasteiger partial charge in [0.2, 0.25) is 0 Å². The van der Waals surface area contributed by atoms with Gasteiger partial charge in [-0.25, -0.2) is 9.97 Å². The minimum absolute atomic E-state index is 0.0949. The molecule has 6 nitrogen and oxygen atoms in total. The molecular formula is C20H25ClN4O2S. The van der Waals surface area contributed by atoms with Gasteiger partial charge < -0.3 is 15.7 Å². The third-order valence-electron chi connectivity index (χ3n) is 4.92. The van der Waals surface area contributed by atoms with Crippen LogP contribution in [0, 0.1) is 5.92 Å². The number of carbonyl (C=O) groups excluding carboxylic acids is 1. The van der Waals surface area contributed by atoms with Crippen LogP contribution in [0.15, 0.2) is 35.6 Å². The van der Waals surface area contributed by atoms with Crippen LogP contribution >= 0.6 is 23.4 Å². The maximum Gasteiger partial charge on any atom is 0.254 e. The molecule has 0 aliphatic heterocycles. The summed E-state index contributed by atoms with van der Waals surface area (Å²) in [5.74, 6) is 0.349. The summed E-state index contributed by atoms with van der Waals surface area (Å²) < 4.78 is 0. The van der Waals surface area contributed by atoms with Crippen molar-refractivity contribution < 1.29 is 9.90 Å². The van der Waals surface area contributed by atoms with Crippen LogP contribution in [0.5, 0.6) is 0 Å². The lowest BCUT2D eigenvalue weighted by molar-refractivity contribution is 0.0532. The summed E-state index contributed by atoms with van der Waals surface area (Å²) in [5, 5.41) is 17.3. The van der Waals surface area contributed by atoms with E-state index in [0.29, 0.717) is 27.2 Å². The van der Waals surface area contributed by atoms with E-state index in [-0.39, 0.29) is 11.8 Å². The molecule has 2 aromatic rings. The minimum atomic E-state index is -0.857. The fourth-order valence-corrected chi connectivity index (χ4v) is 3.95. The Labute approximate surface area is 174 Å². The van der Waals surface area contributed by atoms with E-state index in [2.05, 4.69) is 20.6 Å². The van der Waals surface area contributed by atoms with Gasteiger partial charge in [0.1, 0.15) is 12.0 Å². The molecule has 1 amide bonds. The Hall–Kier alpha value is -1.83. The monoisotopic (exact) mass is 420 g/mol. The van der Waals surface area contributed by atoms with Gasteiger partial charge >= 0.3 is 0 Å². The summed E-state index contributed by atoms with van der Waals surface area (Å²) in [6.45, 7) is 0. The maximum absolute atomic E-state index is 12.7. The summed E-state index contributed by atoms with van der Waals surface area (Å²) in [6.07, 6.45) is 9.16. The number of amides is 1. The highest BCUT2D eigenvalue weighted by molar-refractivity contribution is 7.98. The number of aliphatic hydroxyl groups excluding tert-OH is 1. The van der Waals surface area contributed by atoms with Crippen LogP contribution in [-0.4, -0.2) is 33.5 Å². The molecule has 0 spiro atoms. The fourth-order valence-electron chi connectivity index (χ4n) is 3.39. The molecule has 3 N–H and O–H groups in total. The van der Waals surface area contributed by atoms with Crippen molar-refractivity contribution in [2.45, 2.75) is 49.9 Å². The first-order valence-corrected chi connectivity index (χ1v) is 11.1. The number of aliphatic hydroxyl groups is 1. The molecule has 28 heavy (non-hydrogen) atoms. The highest BCUT2D eigenvalue weighted by Gasteiger charge is 2.23. The maximum atomic E-state index is 12.7. The van der Waals surface area contributed by atoms with E-state index in [9.17, 15) is 9.90 Å². The van der Waals surface area contributed by atoms with Crippen molar-refractivity contribution in [2.24, 2.45) is 5.92 Å². The minimum Gasteiger partial charge on any atom is -0.373 e. The van der Waals surface area contributed by atoms with Crippen molar-refractivity contribution >= 4 is 40.8 Å². The summed E-state index contributed by atoms with van der Waals surface area (Å²) in [4.78, 5) is 21.2. The summed E-state index contributed by atoms with van der Waals surface area (Å²) in [5.41, 5.74) is 1.00. The molecule has 1 saturated carbocycles. The van der Waals surface area contributed by atoms with Gasteiger partial charge in [-0.3, -0.25) is 4.79 Å². The Balaban J connectivity index is 1.70. The topological polar surface area (TPSA) is 87.1 Å². The second-order valence-corrected chi connectivity index (χ2v) is 8.10. The van der Waals surface area contributed by atoms with Crippen LogP contribution in [0.2, 0.25) is 5.02 Å². The van der Waals surface area contributed by atoms with Crippen molar-refractivity contribution in [1.82, 2.24) is 15.3 Å². The molecule has 0 bridgehead atoms.